The van der Waals surface area contributed by atoms with Crippen LogP contribution in [0, 0.1) is 5.92 Å². The van der Waals surface area contributed by atoms with Crippen molar-refractivity contribution in [3.8, 4) is 0 Å². The van der Waals surface area contributed by atoms with Crippen LogP contribution in [0.1, 0.15) is 45.4 Å². The molecule has 0 aromatic rings. The highest BCUT2D eigenvalue weighted by molar-refractivity contribution is 5.66. The Bertz CT molecular complexity index is 199. The van der Waals surface area contributed by atoms with Gasteiger partial charge >= 0.3 is 6.09 Å². The number of amides is 1. The van der Waals surface area contributed by atoms with Crippen LogP contribution in [0.3, 0.4) is 0 Å². The van der Waals surface area contributed by atoms with Gasteiger partial charge in [0.15, 0.2) is 0 Å². The second kappa shape index (κ2) is 12.6. The van der Waals surface area contributed by atoms with Gasteiger partial charge < -0.3 is 20.3 Å². The molecule has 3 N–H and O–H groups in total. The number of carbonyl (C=O) groups is 1. The molecule has 18 heavy (non-hydrogen) atoms. The molecular weight excluding hydrogens is 234 g/mol. The molecule has 0 aromatic heterocycles. The van der Waals surface area contributed by atoms with Gasteiger partial charge in [-0.25, -0.2) is 4.79 Å². The van der Waals surface area contributed by atoms with Gasteiger partial charge in [0.25, 0.3) is 0 Å². The highest BCUT2D eigenvalue weighted by atomic mass is 16.5. The van der Waals surface area contributed by atoms with Gasteiger partial charge in [-0.1, -0.05) is 19.8 Å². The number of ether oxygens (including phenoxy) is 1. The van der Waals surface area contributed by atoms with Crippen molar-refractivity contribution >= 4 is 6.09 Å². The number of hydrogen-bond donors (Lipinski definition) is 3. The minimum Gasteiger partial charge on any atom is -0.449 e. The molecule has 5 nitrogen and oxygen atoms in total. The van der Waals surface area contributed by atoms with Gasteiger partial charge in [0, 0.05) is 19.8 Å². The molecule has 5 heteroatoms. The molecule has 108 valence electrons. The third-order valence-electron chi connectivity index (χ3n) is 2.81. The summed E-state index contributed by atoms with van der Waals surface area (Å²) in [4.78, 5) is 11.3. The summed E-state index contributed by atoms with van der Waals surface area (Å²) in [6.45, 7) is 3.27. The van der Waals surface area contributed by atoms with E-state index in [0.29, 0.717) is 26.0 Å². The lowest BCUT2D eigenvalue weighted by Gasteiger charge is -2.15. The van der Waals surface area contributed by atoms with Gasteiger partial charge in [-0.15, -0.1) is 0 Å². The zero-order valence-corrected chi connectivity index (χ0v) is 11.4. The Labute approximate surface area is 110 Å². The van der Waals surface area contributed by atoms with Crippen LogP contribution >= 0.6 is 0 Å². The van der Waals surface area contributed by atoms with Crippen LogP contribution in [0.25, 0.3) is 0 Å². The number of carbonyl (C=O) groups excluding carboxylic acids is 1. The third kappa shape index (κ3) is 10.4. The number of aliphatic hydroxyl groups excluding tert-OH is 2. The van der Waals surface area contributed by atoms with E-state index in [1.54, 1.807) is 0 Å². The van der Waals surface area contributed by atoms with E-state index in [2.05, 4.69) is 12.2 Å². The van der Waals surface area contributed by atoms with E-state index in [-0.39, 0.29) is 19.1 Å². The summed E-state index contributed by atoms with van der Waals surface area (Å²) in [5.41, 5.74) is 0. The summed E-state index contributed by atoms with van der Waals surface area (Å²) in [5.74, 6) is 0.128. The molecule has 0 saturated carbocycles. The number of nitrogens with one attached hydrogen (secondary N) is 1. The van der Waals surface area contributed by atoms with Crippen molar-refractivity contribution in [3.63, 3.8) is 0 Å². The van der Waals surface area contributed by atoms with Crippen molar-refractivity contribution in [3.05, 3.63) is 0 Å². The van der Waals surface area contributed by atoms with Crippen molar-refractivity contribution < 1.29 is 19.7 Å². The Morgan fingerprint density at radius 3 is 2.56 bits per heavy atom. The van der Waals surface area contributed by atoms with Crippen LogP contribution in [0.15, 0.2) is 0 Å². The zero-order valence-electron chi connectivity index (χ0n) is 11.4. The van der Waals surface area contributed by atoms with Crippen molar-refractivity contribution in [2.75, 3.05) is 26.4 Å². The first-order valence-corrected chi connectivity index (χ1v) is 6.86. The fourth-order valence-corrected chi connectivity index (χ4v) is 1.68. The Balaban J connectivity index is 3.63. The van der Waals surface area contributed by atoms with Gasteiger partial charge in [-0.05, 0) is 31.6 Å². The van der Waals surface area contributed by atoms with Crippen molar-refractivity contribution in [1.82, 2.24) is 5.32 Å². The average molecular weight is 261 g/mol. The lowest BCUT2D eigenvalue weighted by molar-refractivity contribution is 0.111. The van der Waals surface area contributed by atoms with E-state index in [4.69, 9.17) is 14.9 Å². The summed E-state index contributed by atoms with van der Waals surface area (Å²) < 4.78 is 5.09. The number of aliphatic hydroxyl groups is 2. The first-order chi connectivity index (χ1) is 8.74. The molecule has 0 rings (SSSR count). The molecule has 0 aliphatic carbocycles. The number of rotatable bonds is 11. The van der Waals surface area contributed by atoms with Gasteiger partial charge in [-0.3, -0.25) is 0 Å². The summed E-state index contributed by atoms with van der Waals surface area (Å²) in [7, 11) is 0. The molecule has 1 atom stereocenters. The molecule has 0 saturated heterocycles. The SMILES string of the molecule is CCCCCNC(=O)OCC(CCO)CCCO. The minimum atomic E-state index is -0.391. The predicted molar refractivity (Wildman–Crippen MR) is 70.4 cm³/mol. The first kappa shape index (κ1) is 17.2. The normalized spacial score (nSPS) is 12.2. The second-order valence-electron chi connectivity index (χ2n) is 4.48. The van der Waals surface area contributed by atoms with Crippen molar-refractivity contribution in [2.24, 2.45) is 5.92 Å². The molecule has 0 spiro atoms. The Hall–Kier alpha value is -0.810. The van der Waals surface area contributed by atoms with Crippen LogP contribution < -0.4 is 5.32 Å². The Morgan fingerprint density at radius 2 is 1.94 bits per heavy atom. The smallest absolute Gasteiger partial charge is 0.407 e. The minimum absolute atomic E-state index is 0.0809. The Morgan fingerprint density at radius 1 is 1.17 bits per heavy atom. The molecule has 0 aromatic carbocycles. The molecule has 0 bridgehead atoms. The molecule has 1 amide bonds. The van der Waals surface area contributed by atoms with Gasteiger partial charge in [-0.2, -0.15) is 0 Å². The maximum absolute atomic E-state index is 11.3. The second-order valence-corrected chi connectivity index (χ2v) is 4.48. The standard InChI is InChI=1S/C13H27NO4/c1-2-3-4-8-14-13(17)18-11-12(7-10-16)6-5-9-15/h12,15-16H,2-11H2,1H3,(H,14,17). The fourth-order valence-electron chi connectivity index (χ4n) is 1.68. The van der Waals surface area contributed by atoms with E-state index in [9.17, 15) is 4.79 Å². The maximum Gasteiger partial charge on any atom is 0.407 e. The topological polar surface area (TPSA) is 78.8 Å². The van der Waals surface area contributed by atoms with E-state index in [1.807, 2.05) is 0 Å². The number of hydrogen-bond acceptors (Lipinski definition) is 4. The largest absolute Gasteiger partial charge is 0.449 e. The van der Waals surface area contributed by atoms with Crippen LogP contribution in [-0.4, -0.2) is 42.7 Å². The van der Waals surface area contributed by atoms with Crippen molar-refractivity contribution in [1.29, 1.82) is 0 Å². The lowest BCUT2D eigenvalue weighted by Crippen LogP contribution is -2.27. The monoisotopic (exact) mass is 261 g/mol. The Kier molecular flexibility index (Phi) is 12.1. The lowest BCUT2D eigenvalue weighted by atomic mass is 10.0. The van der Waals surface area contributed by atoms with E-state index in [1.165, 1.54) is 0 Å². The number of alkyl carbamates (subject to hydrolysis) is 1. The maximum atomic E-state index is 11.3. The molecule has 0 aliphatic rings. The molecule has 1 unspecified atom stereocenters. The summed E-state index contributed by atoms with van der Waals surface area (Å²) in [6.07, 6.45) is 4.84. The summed E-state index contributed by atoms with van der Waals surface area (Å²) in [6, 6.07) is 0. The fraction of sp³-hybridized carbons (Fsp3) is 0.923. The molecule has 0 aliphatic heterocycles. The van der Waals surface area contributed by atoms with Crippen LogP contribution in [0.5, 0.6) is 0 Å². The molecule has 0 fully saturated rings. The van der Waals surface area contributed by atoms with Crippen LogP contribution in [-0.2, 0) is 4.74 Å². The van der Waals surface area contributed by atoms with E-state index in [0.717, 1.165) is 25.7 Å². The summed E-state index contributed by atoms with van der Waals surface area (Å²) >= 11 is 0. The van der Waals surface area contributed by atoms with Gasteiger partial charge in [0.2, 0.25) is 0 Å². The van der Waals surface area contributed by atoms with E-state index >= 15 is 0 Å². The molecule has 0 radical (unpaired) electrons. The predicted octanol–water partition coefficient (Wildman–Crippen LogP) is 1.67. The summed E-state index contributed by atoms with van der Waals surface area (Å²) in [5, 5.41) is 20.3. The molecular formula is C13H27NO4. The highest BCUT2D eigenvalue weighted by Gasteiger charge is 2.11. The number of unbranched alkanes of at least 4 members (excludes halogenated alkanes) is 2. The zero-order chi connectivity index (χ0) is 13.6. The van der Waals surface area contributed by atoms with E-state index < -0.39 is 6.09 Å². The van der Waals surface area contributed by atoms with Gasteiger partial charge in [0.1, 0.15) is 0 Å². The van der Waals surface area contributed by atoms with Crippen LogP contribution in [0.2, 0.25) is 0 Å². The van der Waals surface area contributed by atoms with Crippen molar-refractivity contribution in [2.45, 2.75) is 45.4 Å². The average Bonchev–Trinajstić information content (AvgIpc) is 2.38. The first-order valence-electron chi connectivity index (χ1n) is 6.86. The van der Waals surface area contributed by atoms with Gasteiger partial charge in [0.05, 0.1) is 6.61 Å². The molecule has 0 heterocycles. The van der Waals surface area contributed by atoms with Crippen LogP contribution in [0.4, 0.5) is 4.79 Å². The highest BCUT2D eigenvalue weighted by Crippen LogP contribution is 2.11. The third-order valence-corrected chi connectivity index (χ3v) is 2.81. The quantitative estimate of drug-likeness (QED) is 0.494.